The van der Waals surface area contributed by atoms with Gasteiger partial charge in [0.1, 0.15) is 0 Å². The standard InChI is InChI=1S/C33H22N.Y/c1-34-31-18-17-28(21-30(31)33-29-9-5-4-7-25(29)16-19-32(33)34)24-12-10-23(11-13-24)27-15-14-22-6-2-3-8-26(22)20-27;/h3-21H,1H3;/q-1;. The summed E-state index contributed by atoms with van der Waals surface area (Å²) < 4.78 is 2.31. The van der Waals surface area contributed by atoms with Gasteiger partial charge in [-0.15, -0.1) is 16.8 Å². The van der Waals surface area contributed by atoms with Crippen LogP contribution in [0.1, 0.15) is 0 Å². The van der Waals surface area contributed by atoms with E-state index >= 15 is 0 Å². The van der Waals surface area contributed by atoms with E-state index in [0.29, 0.717) is 0 Å². The van der Waals surface area contributed by atoms with Crippen molar-refractivity contribution in [3.63, 3.8) is 0 Å². The molecule has 0 saturated heterocycles. The normalized spacial score (nSPS) is 11.3. The minimum absolute atomic E-state index is 0. The summed E-state index contributed by atoms with van der Waals surface area (Å²) >= 11 is 0. The van der Waals surface area contributed by atoms with Crippen LogP contribution in [0.4, 0.5) is 0 Å². The van der Waals surface area contributed by atoms with Crippen LogP contribution in [0.15, 0.2) is 115 Å². The van der Waals surface area contributed by atoms with Gasteiger partial charge >= 0.3 is 0 Å². The van der Waals surface area contributed by atoms with Gasteiger partial charge in [0.05, 0.1) is 0 Å². The predicted octanol–water partition coefficient (Wildman–Crippen LogP) is 8.77. The molecule has 1 nitrogen and oxygen atoms in total. The number of aryl methyl sites for hydroxylation is 1. The Hall–Kier alpha value is -3.26. The van der Waals surface area contributed by atoms with Crippen molar-refractivity contribution >= 4 is 43.4 Å². The third kappa shape index (κ3) is 3.62. The molecule has 0 spiro atoms. The molecule has 0 saturated carbocycles. The van der Waals surface area contributed by atoms with E-state index < -0.39 is 0 Å². The first kappa shape index (κ1) is 22.2. The number of aromatic nitrogens is 1. The molecule has 1 heterocycles. The Morgan fingerprint density at radius 2 is 1.20 bits per heavy atom. The fraction of sp³-hybridized carbons (Fsp3) is 0.0303. The summed E-state index contributed by atoms with van der Waals surface area (Å²) in [5.41, 5.74) is 7.49. The van der Waals surface area contributed by atoms with Crippen LogP contribution in [0.3, 0.4) is 0 Å². The molecule has 0 atom stereocenters. The molecule has 0 amide bonds. The Kier molecular flexibility index (Phi) is 5.56. The van der Waals surface area contributed by atoms with Crippen LogP contribution in [0.5, 0.6) is 0 Å². The molecule has 35 heavy (non-hydrogen) atoms. The summed E-state index contributed by atoms with van der Waals surface area (Å²) in [6, 6.07) is 44.8. The quantitative estimate of drug-likeness (QED) is 0.201. The Balaban J connectivity index is 0.00000229. The van der Waals surface area contributed by atoms with Crippen molar-refractivity contribution in [2.75, 3.05) is 0 Å². The minimum atomic E-state index is 0. The Bertz CT molecular complexity index is 1860. The third-order valence-electron chi connectivity index (χ3n) is 7.13. The van der Waals surface area contributed by atoms with Gasteiger partial charge in [0.15, 0.2) is 0 Å². The number of rotatable bonds is 2. The van der Waals surface area contributed by atoms with Crippen LogP contribution in [-0.4, -0.2) is 4.57 Å². The van der Waals surface area contributed by atoms with E-state index in [1.165, 1.54) is 65.6 Å². The second-order valence-corrected chi connectivity index (χ2v) is 9.04. The van der Waals surface area contributed by atoms with Crippen LogP contribution < -0.4 is 0 Å². The molecule has 1 radical (unpaired) electrons. The molecule has 163 valence electrons. The molecule has 1 aromatic heterocycles. The van der Waals surface area contributed by atoms with Crippen molar-refractivity contribution < 1.29 is 32.7 Å². The van der Waals surface area contributed by atoms with Crippen LogP contribution >= 0.6 is 0 Å². The number of hydrogen-bond donors (Lipinski definition) is 0. The smallest absolute Gasteiger partial charge is 0.0495 e. The summed E-state index contributed by atoms with van der Waals surface area (Å²) in [6.45, 7) is 0. The zero-order chi connectivity index (χ0) is 22.6. The zero-order valence-corrected chi connectivity index (χ0v) is 22.3. The van der Waals surface area contributed by atoms with Crippen molar-refractivity contribution in [1.29, 1.82) is 0 Å². The Morgan fingerprint density at radius 3 is 2.03 bits per heavy atom. The van der Waals surface area contributed by atoms with E-state index in [2.05, 4.69) is 121 Å². The van der Waals surface area contributed by atoms with Gasteiger partial charge in [-0.1, -0.05) is 72.8 Å². The number of fused-ring (bicyclic) bond motifs is 6. The first-order chi connectivity index (χ1) is 16.8. The molecule has 0 unspecified atom stereocenters. The van der Waals surface area contributed by atoms with E-state index in [9.17, 15) is 0 Å². The third-order valence-corrected chi connectivity index (χ3v) is 7.13. The first-order valence-electron chi connectivity index (χ1n) is 11.7. The van der Waals surface area contributed by atoms with Gasteiger partial charge in [-0.3, -0.25) is 0 Å². The minimum Gasteiger partial charge on any atom is -0.344 e. The Labute approximate surface area is 229 Å². The molecular formula is C33H22NY-. The average Bonchev–Trinajstić information content (AvgIpc) is 3.20. The van der Waals surface area contributed by atoms with E-state index in [-0.39, 0.29) is 32.7 Å². The Morgan fingerprint density at radius 1 is 0.543 bits per heavy atom. The van der Waals surface area contributed by atoms with Gasteiger partial charge in [0, 0.05) is 61.6 Å². The van der Waals surface area contributed by atoms with Crippen LogP contribution in [-0.2, 0) is 39.8 Å². The largest absolute Gasteiger partial charge is 0.344 e. The van der Waals surface area contributed by atoms with Crippen molar-refractivity contribution in [1.82, 2.24) is 4.57 Å². The summed E-state index contributed by atoms with van der Waals surface area (Å²) in [7, 11) is 2.16. The first-order valence-corrected chi connectivity index (χ1v) is 11.7. The van der Waals surface area contributed by atoms with Crippen LogP contribution in [0.2, 0.25) is 0 Å². The summed E-state index contributed by atoms with van der Waals surface area (Å²) in [6.07, 6.45) is 0. The maximum Gasteiger partial charge on any atom is 0.0495 e. The molecule has 0 fully saturated rings. The number of nitrogens with zero attached hydrogens (tertiary/aromatic N) is 1. The second-order valence-electron chi connectivity index (χ2n) is 9.04. The van der Waals surface area contributed by atoms with E-state index in [1.54, 1.807) is 0 Å². The van der Waals surface area contributed by atoms with Gasteiger partial charge in [-0.25, -0.2) is 0 Å². The fourth-order valence-corrected chi connectivity index (χ4v) is 5.32. The molecular weight excluding hydrogens is 499 g/mol. The molecule has 7 rings (SSSR count). The van der Waals surface area contributed by atoms with Gasteiger partial charge in [-0.05, 0) is 51.2 Å². The molecule has 6 aromatic carbocycles. The van der Waals surface area contributed by atoms with Crippen molar-refractivity contribution in [3.05, 3.63) is 121 Å². The number of benzene rings is 6. The molecule has 0 aliphatic rings. The van der Waals surface area contributed by atoms with E-state index in [0.717, 1.165) is 0 Å². The van der Waals surface area contributed by atoms with Gasteiger partial charge in [0.2, 0.25) is 0 Å². The van der Waals surface area contributed by atoms with Crippen molar-refractivity contribution in [2.45, 2.75) is 0 Å². The molecule has 0 aliphatic carbocycles. The zero-order valence-electron chi connectivity index (χ0n) is 19.5. The molecule has 0 bridgehead atoms. The average molecular weight is 521 g/mol. The second kappa shape index (κ2) is 8.75. The summed E-state index contributed by atoms with van der Waals surface area (Å²) in [5, 5.41) is 7.70. The molecule has 2 heteroatoms. The summed E-state index contributed by atoms with van der Waals surface area (Å²) in [5.74, 6) is 0. The maximum absolute atomic E-state index is 3.15. The number of hydrogen-bond acceptors (Lipinski definition) is 0. The SMILES string of the molecule is Cn1c2ccc(-c3ccc(-c4ccc5c[c-]ccc5c4)cc3)cc2c2c3ccccc3ccc21.[Y]. The van der Waals surface area contributed by atoms with Crippen molar-refractivity contribution in [2.24, 2.45) is 7.05 Å². The summed E-state index contributed by atoms with van der Waals surface area (Å²) in [4.78, 5) is 0. The van der Waals surface area contributed by atoms with E-state index in [1.807, 2.05) is 12.1 Å². The van der Waals surface area contributed by atoms with Gasteiger partial charge in [0.25, 0.3) is 0 Å². The molecule has 7 aromatic rings. The maximum atomic E-state index is 3.15. The van der Waals surface area contributed by atoms with Gasteiger partial charge in [-0.2, -0.15) is 24.3 Å². The van der Waals surface area contributed by atoms with Crippen LogP contribution in [0, 0.1) is 6.07 Å². The topological polar surface area (TPSA) is 4.93 Å². The van der Waals surface area contributed by atoms with Crippen molar-refractivity contribution in [3.8, 4) is 22.3 Å². The predicted molar refractivity (Wildman–Crippen MR) is 145 cm³/mol. The molecule has 0 aliphatic heterocycles. The molecule has 0 N–H and O–H groups in total. The van der Waals surface area contributed by atoms with Gasteiger partial charge < -0.3 is 4.57 Å². The van der Waals surface area contributed by atoms with Crippen LogP contribution in [0.25, 0.3) is 65.6 Å². The monoisotopic (exact) mass is 521 g/mol. The van der Waals surface area contributed by atoms with E-state index in [4.69, 9.17) is 0 Å². The fourth-order valence-electron chi connectivity index (χ4n) is 5.32.